The number of halogens is 2. The van der Waals surface area contributed by atoms with Crippen LogP contribution in [-0.2, 0) is 13.2 Å². The molecular formula is C34H26Br2O4. The highest BCUT2D eigenvalue weighted by Gasteiger charge is 2.16. The molecule has 5 aromatic carbocycles. The summed E-state index contributed by atoms with van der Waals surface area (Å²) in [5.41, 5.74) is 4.67. The summed E-state index contributed by atoms with van der Waals surface area (Å²) in [4.78, 5) is 13.2. The highest BCUT2D eigenvalue weighted by Crippen LogP contribution is 2.28. The zero-order valence-corrected chi connectivity index (χ0v) is 24.7. The molecule has 0 saturated carbocycles. The van der Waals surface area contributed by atoms with Crippen molar-refractivity contribution in [1.82, 2.24) is 0 Å². The molecule has 0 N–H and O–H groups in total. The van der Waals surface area contributed by atoms with E-state index in [-0.39, 0.29) is 12.4 Å². The van der Waals surface area contributed by atoms with Crippen molar-refractivity contribution in [2.75, 3.05) is 6.61 Å². The molecule has 0 aliphatic rings. The summed E-state index contributed by atoms with van der Waals surface area (Å²) in [5.74, 6) is 1.50. The van der Waals surface area contributed by atoms with Crippen LogP contribution in [0.2, 0.25) is 0 Å². The van der Waals surface area contributed by atoms with Gasteiger partial charge in [0.1, 0.15) is 30.5 Å². The van der Waals surface area contributed by atoms with Crippen molar-refractivity contribution in [1.29, 1.82) is 0 Å². The summed E-state index contributed by atoms with van der Waals surface area (Å²) < 4.78 is 20.0. The van der Waals surface area contributed by atoms with E-state index in [1.165, 1.54) is 0 Å². The molecule has 40 heavy (non-hydrogen) atoms. The van der Waals surface area contributed by atoms with Crippen LogP contribution in [-0.4, -0.2) is 12.4 Å². The highest BCUT2D eigenvalue weighted by atomic mass is 79.9. The fourth-order valence-electron chi connectivity index (χ4n) is 4.03. The predicted octanol–water partition coefficient (Wildman–Crippen LogP) is 9.30. The Kier molecular flexibility index (Phi) is 9.32. The minimum absolute atomic E-state index is 0.113. The molecule has 0 unspecified atom stereocenters. The average molecular weight is 658 g/mol. The fraction of sp³-hybridized carbons (Fsp3) is 0.0882. The van der Waals surface area contributed by atoms with E-state index >= 15 is 0 Å². The molecule has 6 heteroatoms. The number of carbonyl (C=O) groups excluding carboxylic acids is 1. The number of hydrogen-bond donors (Lipinski definition) is 0. The lowest BCUT2D eigenvalue weighted by Crippen LogP contribution is -2.13. The van der Waals surface area contributed by atoms with Gasteiger partial charge < -0.3 is 14.2 Å². The lowest BCUT2D eigenvalue weighted by atomic mass is 10.1. The van der Waals surface area contributed by atoms with Crippen molar-refractivity contribution in [3.63, 3.8) is 0 Å². The van der Waals surface area contributed by atoms with Crippen molar-refractivity contribution >= 4 is 37.6 Å². The van der Waals surface area contributed by atoms with E-state index in [0.29, 0.717) is 36.0 Å². The van der Waals surface area contributed by atoms with Crippen LogP contribution in [0.3, 0.4) is 0 Å². The largest absolute Gasteiger partial charge is 0.489 e. The van der Waals surface area contributed by atoms with E-state index in [0.717, 1.165) is 31.2 Å². The van der Waals surface area contributed by atoms with Crippen molar-refractivity contribution in [2.24, 2.45) is 0 Å². The maximum absolute atomic E-state index is 13.2. The van der Waals surface area contributed by atoms with E-state index in [9.17, 15) is 4.79 Å². The van der Waals surface area contributed by atoms with E-state index < -0.39 is 0 Å². The summed E-state index contributed by atoms with van der Waals surface area (Å²) in [6.07, 6.45) is 0. The second kappa shape index (κ2) is 13.5. The van der Waals surface area contributed by atoms with E-state index in [2.05, 4.69) is 44.0 Å². The maximum Gasteiger partial charge on any atom is 0.203 e. The Morgan fingerprint density at radius 3 is 1.73 bits per heavy atom. The molecule has 0 heterocycles. The maximum atomic E-state index is 13.2. The minimum atomic E-state index is -0.183. The number of hydrogen-bond acceptors (Lipinski definition) is 4. The first-order valence-electron chi connectivity index (χ1n) is 12.7. The van der Waals surface area contributed by atoms with E-state index in [1.807, 2.05) is 91.0 Å². The molecule has 0 amide bonds. The number of benzene rings is 5. The molecule has 0 aliphatic carbocycles. The zero-order valence-electron chi connectivity index (χ0n) is 21.6. The SMILES string of the molecule is O=C(COc1ccc(-c2ccccc2)cc1)c1ccc(OCc2ccc(Br)cc2)cc1OCc1ccc(Br)cc1. The molecule has 0 bridgehead atoms. The summed E-state index contributed by atoms with van der Waals surface area (Å²) in [5, 5.41) is 0. The summed E-state index contributed by atoms with van der Waals surface area (Å²) in [6.45, 7) is 0.596. The number of Topliss-reactive ketones (excluding diaryl/α,β-unsaturated/α-hetero) is 1. The molecule has 4 nitrogen and oxygen atoms in total. The number of ether oxygens (including phenoxy) is 3. The topological polar surface area (TPSA) is 44.8 Å². The third-order valence-corrected chi connectivity index (χ3v) is 7.27. The predicted molar refractivity (Wildman–Crippen MR) is 165 cm³/mol. The van der Waals surface area contributed by atoms with E-state index in [1.54, 1.807) is 18.2 Å². The molecule has 0 aliphatic heterocycles. The minimum Gasteiger partial charge on any atom is -0.489 e. The van der Waals surface area contributed by atoms with Crippen molar-refractivity contribution in [3.8, 4) is 28.4 Å². The molecular weight excluding hydrogens is 632 g/mol. The molecule has 200 valence electrons. The van der Waals surface area contributed by atoms with Crippen LogP contribution in [0, 0.1) is 0 Å². The van der Waals surface area contributed by atoms with Gasteiger partial charge in [-0.1, -0.05) is 98.6 Å². The Morgan fingerprint density at radius 1 is 0.550 bits per heavy atom. The molecule has 0 spiro atoms. The monoisotopic (exact) mass is 656 g/mol. The molecule has 0 fully saturated rings. The second-order valence-corrected chi connectivity index (χ2v) is 10.9. The Hall–Kier alpha value is -3.87. The zero-order chi connectivity index (χ0) is 27.7. The van der Waals surface area contributed by atoms with Crippen LogP contribution in [0.1, 0.15) is 21.5 Å². The van der Waals surface area contributed by atoms with Crippen molar-refractivity contribution in [3.05, 3.63) is 147 Å². The number of carbonyl (C=O) groups is 1. The van der Waals surface area contributed by atoms with E-state index in [4.69, 9.17) is 14.2 Å². The van der Waals surface area contributed by atoms with Gasteiger partial charge in [0.05, 0.1) is 5.56 Å². The van der Waals surface area contributed by atoms with Crippen LogP contribution in [0.5, 0.6) is 17.2 Å². The Balaban J connectivity index is 1.28. The first-order chi connectivity index (χ1) is 19.5. The molecule has 0 saturated heterocycles. The van der Waals surface area contributed by atoms with Gasteiger partial charge in [0.25, 0.3) is 0 Å². The van der Waals surface area contributed by atoms with Crippen molar-refractivity contribution in [2.45, 2.75) is 13.2 Å². The van der Waals surface area contributed by atoms with Crippen LogP contribution >= 0.6 is 31.9 Å². The normalized spacial score (nSPS) is 10.7. The third-order valence-electron chi connectivity index (χ3n) is 6.21. The van der Waals surface area contributed by atoms with Crippen LogP contribution in [0.4, 0.5) is 0 Å². The smallest absolute Gasteiger partial charge is 0.203 e. The number of ketones is 1. The highest BCUT2D eigenvalue weighted by molar-refractivity contribution is 9.10. The van der Waals surface area contributed by atoms with Crippen LogP contribution in [0.25, 0.3) is 11.1 Å². The third kappa shape index (κ3) is 7.62. The Labute approximate surface area is 250 Å². The first-order valence-corrected chi connectivity index (χ1v) is 14.3. The Morgan fingerprint density at radius 2 is 1.10 bits per heavy atom. The standard InChI is InChI=1S/C34H26Br2O4/c35-28-12-6-24(7-13-28)21-38-31-18-19-32(34(20-31)40-22-25-8-14-29(36)15-9-25)33(37)23-39-30-16-10-27(11-17-30)26-4-2-1-3-5-26/h1-20H,21-23H2. The quantitative estimate of drug-likeness (QED) is 0.133. The van der Waals surface area contributed by atoms with Gasteiger partial charge in [-0.25, -0.2) is 0 Å². The molecule has 0 aromatic heterocycles. The lowest BCUT2D eigenvalue weighted by molar-refractivity contribution is 0.0917. The molecule has 5 rings (SSSR count). The lowest BCUT2D eigenvalue weighted by Gasteiger charge is -2.14. The van der Waals surface area contributed by atoms with Gasteiger partial charge in [-0.2, -0.15) is 0 Å². The van der Waals surface area contributed by atoms with Gasteiger partial charge in [-0.3, -0.25) is 4.79 Å². The fourth-order valence-corrected chi connectivity index (χ4v) is 4.56. The molecule has 0 radical (unpaired) electrons. The van der Waals surface area contributed by atoms with Gasteiger partial charge in [0, 0.05) is 15.0 Å². The second-order valence-electron chi connectivity index (χ2n) is 9.09. The van der Waals surface area contributed by atoms with Gasteiger partial charge in [0.15, 0.2) is 6.61 Å². The van der Waals surface area contributed by atoms with Gasteiger partial charge >= 0.3 is 0 Å². The Bertz CT molecular complexity index is 1550. The molecule has 0 atom stereocenters. The van der Waals surface area contributed by atoms with Crippen LogP contribution < -0.4 is 14.2 Å². The molecule has 5 aromatic rings. The number of rotatable bonds is 11. The first kappa shape index (κ1) is 27.7. The summed E-state index contributed by atoms with van der Waals surface area (Å²) >= 11 is 6.91. The van der Waals surface area contributed by atoms with Crippen molar-refractivity contribution < 1.29 is 19.0 Å². The van der Waals surface area contributed by atoms with Gasteiger partial charge in [-0.05, 0) is 70.8 Å². The van der Waals surface area contributed by atoms with Crippen LogP contribution in [0.15, 0.2) is 130 Å². The summed E-state index contributed by atoms with van der Waals surface area (Å²) in [6, 6.07) is 38.9. The summed E-state index contributed by atoms with van der Waals surface area (Å²) in [7, 11) is 0. The van der Waals surface area contributed by atoms with Gasteiger partial charge in [-0.15, -0.1) is 0 Å². The average Bonchev–Trinajstić information content (AvgIpc) is 3.00. The van der Waals surface area contributed by atoms with Gasteiger partial charge in [0.2, 0.25) is 5.78 Å².